The number of rotatable bonds is 6. The largest absolute Gasteiger partial charge is 0.345 e. The standard InChI is InChI=1S/C23H21Cl2N5O3/c24-15-4-9-19(25)18(13-15)23(33)29-11-1-3-20(29)22(32)26-14-21(31)28-16-5-7-17(8-6-16)30-12-2-10-27-30/h2,4-10,12-13,20H,1,3,11,14H2,(H,26,32)(H,28,31). The lowest BCUT2D eigenvalue weighted by Gasteiger charge is -2.24. The van der Waals surface area contributed by atoms with E-state index in [-0.39, 0.29) is 34.9 Å². The highest BCUT2D eigenvalue weighted by molar-refractivity contribution is 6.35. The van der Waals surface area contributed by atoms with Crippen molar-refractivity contribution < 1.29 is 14.4 Å². The Morgan fingerprint density at radius 2 is 1.88 bits per heavy atom. The Labute approximate surface area is 200 Å². The fraction of sp³-hybridized carbons (Fsp3) is 0.217. The number of amides is 3. The molecule has 3 amide bonds. The first kappa shape index (κ1) is 22.8. The van der Waals surface area contributed by atoms with Gasteiger partial charge in [-0.3, -0.25) is 14.4 Å². The fourth-order valence-corrected chi connectivity index (χ4v) is 4.08. The molecule has 3 aromatic rings. The quantitative estimate of drug-likeness (QED) is 0.557. The maximum atomic E-state index is 12.9. The summed E-state index contributed by atoms with van der Waals surface area (Å²) in [6.45, 7) is 0.213. The van der Waals surface area contributed by atoms with E-state index in [4.69, 9.17) is 23.2 Å². The van der Waals surface area contributed by atoms with Crippen LogP contribution in [0.5, 0.6) is 0 Å². The molecule has 33 heavy (non-hydrogen) atoms. The third-order valence-electron chi connectivity index (χ3n) is 5.32. The molecule has 1 saturated heterocycles. The molecule has 1 aliphatic rings. The summed E-state index contributed by atoms with van der Waals surface area (Å²) in [5.41, 5.74) is 1.70. The Morgan fingerprint density at radius 1 is 1.09 bits per heavy atom. The molecule has 1 atom stereocenters. The second kappa shape index (κ2) is 10.1. The van der Waals surface area contributed by atoms with Gasteiger partial charge < -0.3 is 15.5 Å². The molecule has 0 bridgehead atoms. The summed E-state index contributed by atoms with van der Waals surface area (Å²) >= 11 is 12.1. The van der Waals surface area contributed by atoms with Crippen LogP contribution in [0.4, 0.5) is 5.69 Å². The molecule has 2 aromatic carbocycles. The first-order chi connectivity index (χ1) is 15.9. The maximum absolute atomic E-state index is 12.9. The molecule has 0 spiro atoms. The number of carbonyl (C=O) groups is 3. The van der Waals surface area contributed by atoms with Gasteiger partial charge in [-0.15, -0.1) is 0 Å². The highest BCUT2D eigenvalue weighted by Crippen LogP contribution is 2.26. The Hall–Kier alpha value is -3.36. The normalized spacial score (nSPS) is 15.3. The number of hydrogen-bond donors (Lipinski definition) is 2. The van der Waals surface area contributed by atoms with E-state index in [0.717, 1.165) is 5.69 Å². The number of likely N-dealkylation sites (tertiary alicyclic amines) is 1. The molecule has 2 N–H and O–H groups in total. The minimum atomic E-state index is -0.672. The van der Waals surface area contributed by atoms with Crippen molar-refractivity contribution in [1.29, 1.82) is 0 Å². The third-order valence-corrected chi connectivity index (χ3v) is 5.88. The van der Waals surface area contributed by atoms with Gasteiger partial charge in [0.05, 0.1) is 22.8 Å². The SMILES string of the molecule is O=C(CNC(=O)C1CCCN1C(=O)c1cc(Cl)ccc1Cl)Nc1ccc(-n2cccn2)cc1. The van der Waals surface area contributed by atoms with E-state index in [1.165, 1.54) is 11.0 Å². The van der Waals surface area contributed by atoms with Crippen LogP contribution in [0.1, 0.15) is 23.2 Å². The van der Waals surface area contributed by atoms with E-state index in [1.807, 2.05) is 24.4 Å². The molecule has 170 valence electrons. The minimum Gasteiger partial charge on any atom is -0.345 e. The first-order valence-corrected chi connectivity index (χ1v) is 11.1. The lowest BCUT2D eigenvalue weighted by Crippen LogP contribution is -2.47. The Bertz CT molecular complexity index is 1170. The van der Waals surface area contributed by atoms with E-state index in [2.05, 4.69) is 15.7 Å². The minimum absolute atomic E-state index is 0.212. The van der Waals surface area contributed by atoms with Crippen molar-refractivity contribution in [3.63, 3.8) is 0 Å². The van der Waals surface area contributed by atoms with E-state index in [0.29, 0.717) is 30.1 Å². The molecule has 1 aromatic heterocycles. The van der Waals surface area contributed by atoms with Crippen LogP contribution in [-0.4, -0.2) is 51.5 Å². The number of nitrogens with zero attached hydrogens (tertiary/aromatic N) is 3. The van der Waals surface area contributed by atoms with Gasteiger partial charge in [-0.1, -0.05) is 23.2 Å². The van der Waals surface area contributed by atoms with Crippen molar-refractivity contribution in [3.8, 4) is 5.69 Å². The molecule has 1 unspecified atom stereocenters. The number of aromatic nitrogens is 2. The van der Waals surface area contributed by atoms with Crippen molar-refractivity contribution >= 4 is 46.6 Å². The van der Waals surface area contributed by atoms with E-state index < -0.39 is 6.04 Å². The zero-order valence-corrected chi connectivity index (χ0v) is 19.0. The average molecular weight is 486 g/mol. The summed E-state index contributed by atoms with van der Waals surface area (Å²) in [5.74, 6) is -1.12. The summed E-state index contributed by atoms with van der Waals surface area (Å²) in [7, 11) is 0. The van der Waals surface area contributed by atoms with Crippen molar-refractivity contribution in [2.24, 2.45) is 0 Å². The van der Waals surface area contributed by atoms with Crippen LogP contribution < -0.4 is 10.6 Å². The molecule has 0 saturated carbocycles. The summed E-state index contributed by atoms with van der Waals surface area (Å²) < 4.78 is 1.71. The van der Waals surface area contributed by atoms with Crippen molar-refractivity contribution in [2.45, 2.75) is 18.9 Å². The van der Waals surface area contributed by atoms with Gasteiger partial charge in [0.1, 0.15) is 6.04 Å². The number of carbonyl (C=O) groups excluding carboxylic acids is 3. The zero-order valence-electron chi connectivity index (χ0n) is 17.5. The molecule has 0 radical (unpaired) electrons. The molecule has 10 heteroatoms. The lowest BCUT2D eigenvalue weighted by atomic mass is 10.1. The van der Waals surface area contributed by atoms with Crippen LogP contribution in [0.25, 0.3) is 5.69 Å². The van der Waals surface area contributed by atoms with Gasteiger partial charge in [-0.2, -0.15) is 5.10 Å². The van der Waals surface area contributed by atoms with Crippen LogP contribution in [0.3, 0.4) is 0 Å². The summed E-state index contributed by atoms with van der Waals surface area (Å²) in [6, 6.07) is 12.9. The second-order valence-corrected chi connectivity index (χ2v) is 8.39. The smallest absolute Gasteiger partial charge is 0.256 e. The fourth-order valence-electron chi connectivity index (χ4n) is 3.71. The van der Waals surface area contributed by atoms with Crippen molar-refractivity contribution in [2.75, 3.05) is 18.4 Å². The molecule has 8 nitrogen and oxygen atoms in total. The molecular weight excluding hydrogens is 465 g/mol. The average Bonchev–Trinajstić information content (AvgIpc) is 3.52. The highest BCUT2D eigenvalue weighted by Gasteiger charge is 2.35. The van der Waals surface area contributed by atoms with Crippen LogP contribution >= 0.6 is 23.2 Å². The highest BCUT2D eigenvalue weighted by atomic mass is 35.5. The summed E-state index contributed by atoms with van der Waals surface area (Å²) in [4.78, 5) is 39.4. The Morgan fingerprint density at radius 3 is 2.61 bits per heavy atom. The van der Waals surface area contributed by atoms with E-state index in [1.54, 1.807) is 35.1 Å². The van der Waals surface area contributed by atoms with Crippen molar-refractivity contribution in [3.05, 3.63) is 76.5 Å². The van der Waals surface area contributed by atoms with Gasteiger partial charge in [-0.05, 0) is 61.4 Å². The second-order valence-electron chi connectivity index (χ2n) is 7.54. The number of benzene rings is 2. The maximum Gasteiger partial charge on any atom is 0.256 e. The molecule has 1 fully saturated rings. The number of halogens is 2. The van der Waals surface area contributed by atoms with E-state index in [9.17, 15) is 14.4 Å². The third kappa shape index (κ3) is 5.35. The van der Waals surface area contributed by atoms with E-state index >= 15 is 0 Å². The predicted octanol–water partition coefficient (Wildman–Crippen LogP) is 3.54. The van der Waals surface area contributed by atoms with Gasteiger partial charge in [0.2, 0.25) is 11.8 Å². The van der Waals surface area contributed by atoms with Gasteiger partial charge in [-0.25, -0.2) is 4.68 Å². The first-order valence-electron chi connectivity index (χ1n) is 10.4. The lowest BCUT2D eigenvalue weighted by molar-refractivity contribution is -0.127. The van der Waals surface area contributed by atoms with Crippen molar-refractivity contribution in [1.82, 2.24) is 20.0 Å². The number of hydrogen-bond acceptors (Lipinski definition) is 4. The molecule has 1 aliphatic heterocycles. The molecule has 2 heterocycles. The monoisotopic (exact) mass is 485 g/mol. The summed E-state index contributed by atoms with van der Waals surface area (Å²) in [6.07, 6.45) is 4.69. The zero-order chi connectivity index (χ0) is 23.4. The number of anilines is 1. The molecule has 0 aliphatic carbocycles. The topological polar surface area (TPSA) is 96.3 Å². The van der Waals surface area contributed by atoms with Gasteiger partial charge in [0.15, 0.2) is 0 Å². The van der Waals surface area contributed by atoms with Crippen LogP contribution in [0.2, 0.25) is 10.0 Å². The van der Waals surface area contributed by atoms with Gasteiger partial charge >= 0.3 is 0 Å². The molecule has 4 rings (SSSR count). The number of nitrogens with one attached hydrogen (secondary N) is 2. The van der Waals surface area contributed by atoms with Gasteiger partial charge in [0, 0.05) is 29.6 Å². The van der Waals surface area contributed by atoms with Crippen LogP contribution in [-0.2, 0) is 9.59 Å². The van der Waals surface area contributed by atoms with Gasteiger partial charge in [0.25, 0.3) is 5.91 Å². The Balaban J connectivity index is 1.32. The predicted molar refractivity (Wildman–Crippen MR) is 126 cm³/mol. The summed E-state index contributed by atoms with van der Waals surface area (Å²) in [5, 5.41) is 10.2. The Kier molecular flexibility index (Phi) is 6.96. The molecular formula is C23H21Cl2N5O3. The van der Waals surface area contributed by atoms with Crippen LogP contribution in [0, 0.1) is 0 Å². The van der Waals surface area contributed by atoms with Crippen LogP contribution in [0.15, 0.2) is 60.9 Å².